The highest BCUT2D eigenvalue weighted by atomic mass is 16.3. The molecule has 0 bridgehead atoms. The number of nitrogens with zero attached hydrogens (tertiary/aromatic N) is 4. The lowest BCUT2D eigenvalue weighted by Crippen LogP contribution is -2.23. The molecule has 3 aromatic heterocycles. The highest BCUT2D eigenvalue weighted by Gasteiger charge is 2.28. The van der Waals surface area contributed by atoms with Gasteiger partial charge in [-0.1, -0.05) is 121 Å². The van der Waals surface area contributed by atoms with E-state index in [0.29, 0.717) is 6.67 Å². The Balaban J connectivity index is 1.22. The molecule has 4 heterocycles. The first-order valence-corrected chi connectivity index (χ1v) is 17.9. The summed E-state index contributed by atoms with van der Waals surface area (Å²) < 4.78 is 8.23. The van der Waals surface area contributed by atoms with Gasteiger partial charge in [0.25, 0.3) is 0 Å². The summed E-state index contributed by atoms with van der Waals surface area (Å²) in [6.45, 7) is 0.707. The number of fused-ring (bicyclic) bond motifs is 4. The van der Waals surface area contributed by atoms with Gasteiger partial charge in [-0.25, -0.2) is 4.98 Å². The number of hydrogen-bond acceptors (Lipinski definition) is 4. The van der Waals surface area contributed by atoms with Crippen LogP contribution in [0.2, 0.25) is 0 Å². The lowest BCUT2D eigenvalue weighted by atomic mass is 9.85. The summed E-state index contributed by atoms with van der Waals surface area (Å²) in [5.74, 6) is 0.814. The van der Waals surface area contributed by atoms with Crippen LogP contribution in [0.25, 0.3) is 39.0 Å². The number of furan rings is 1. The number of hydrogen-bond donors (Lipinski definition) is 0. The van der Waals surface area contributed by atoms with Crippen molar-refractivity contribution in [3.05, 3.63) is 217 Å². The third-order valence-corrected chi connectivity index (χ3v) is 10.2. The lowest BCUT2D eigenvalue weighted by molar-refractivity contribution is 0.595. The molecule has 0 N–H and O–H groups in total. The molecule has 1 aliphatic rings. The fourth-order valence-corrected chi connectivity index (χ4v) is 7.82. The van der Waals surface area contributed by atoms with E-state index in [1.54, 1.807) is 6.26 Å². The Bertz CT molecular complexity index is 2710. The van der Waals surface area contributed by atoms with E-state index in [2.05, 4.69) is 172 Å². The minimum absolute atomic E-state index is 0.707. The van der Waals surface area contributed by atoms with E-state index in [9.17, 15) is 0 Å². The van der Waals surface area contributed by atoms with Gasteiger partial charge in [-0.3, -0.25) is 4.57 Å². The average Bonchev–Trinajstić information content (AvgIpc) is 3.94. The molecule has 1 aliphatic heterocycles. The van der Waals surface area contributed by atoms with Crippen LogP contribution in [-0.2, 0) is 0 Å². The van der Waals surface area contributed by atoms with E-state index >= 15 is 0 Å². The third-order valence-electron chi connectivity index (χ3n) is 10.2. The highest BCUT2D eigenvalue weighted by Crippen LogP contribution is 2.46. The molecule has 0 atom stereocenters. The maximum Gasteiger partial charge on any atom is 0.213 e. The van der Waals surface area contributed by atoms with Crippen molar-refractivity contribution >= 4 is 55.9 Å². The zero-order valence-electron chi connectivity index (χ0n) is 28.9. The van der Waals surface area contributed by atoms with Crippen LogP contribution in [0.4, 0.5) is 22.7 Å². The second kappa shape index (κ2) is 12.9. The maximum absolute atomic E-state index is 6.10. The van der Waals surface area contributed by atoms with Gasteiger partial charge in [-0.2, -0.15) is 0 Å². The van der Waals surface area contributed by atoms with E-state index < -0.39 is 0 Å². The smallest absolute Gasteiger partial charge is 0.213 e. The van der Waals surface area contributed by atoms with Crippen LogP contribution in [0, 0.1) is 0 Å². The molecule has 252 valence electrons. The molecule has 9 aromatic rings. The Kier molecular flexibility index (Phi) is 7.47. The van der Waals surface area contributed by atoms with E-state index in [1.165, 1.54) is 17.1 Å². The third kappa shape index (κ3) is 5.29. The van der Waals surface area contributed by atoms with Crippen LogP contribution < -0.4 is 9.80 Å². The van der Waals surface area contributed by atoms with Crippen LogP contribution in [0.1, 0.15) is 22.3 Å². The fraction of sp³-hybridized carbons (Fsp3) is 0.0208. The van der Waals surface area contributed by atoms with Crippen molar-refractivity contribution in [1.82, 2.24) is 9.55 Å². The van der Waals surface area contributed by atoms with Crippen LogP contribution >= 0.6 is 0 Å². The van der Waals surface area contributed by atoms with E-state index in [1.807, 2.05) is 30.5 Å². The normalized spacial score (nSPS) is 12.4. The summed E-state index contributed by atoms with van der Waals surface area (Å²) >= 11 is 0. The molecule has 10 rings (SSSR count). The minimum Gasteiger partial charge on any atom is -0.447 e. The summed E-state index contributed by atoms with van der Waals surface area (Å²) in [4.78, 5) is 9.54. The van der Waals surface area contributed by atoms with Crippen molar-refractivity contribution in [2.24, 2.45) is 0 Å². The number of rotatable bonds is 7. The van der Waals surface area contributed by atoms with Gasteiger partial charge in [0, 0.05) is 28.3 Å². The Labute approximate surface area is 307 Å². The predicted octanol–water partition coefficient (Wildman–Crippen LogP) is 12.0. The molecular weight excluding hydrogens is 649 g/mol. The zero-order valence-corrected chi connectivity index (χ0v) is 28.9. The van der Waals surface area contributed by atoms with Gasteiger partial charge in [0.1, 0.15) is 12.5 Å². The summed E-state index contributed by atoms with van der Waals surface area (Å²) in [6, 6.07) is 64.6. The Morgan fingerprint density at radius 2 is 1.06 bits per heavy atom. The molecule has 5 heteroatoms. The predicted molar refractivity (Wildman–Crippen MR) is 217 cm³/mol. The van der Waals surface area contributed by atoms with Crippen LogP contribution in [-0.4, -0.2) is 16.2 Å². The van der Waals surface area contributed by atoms with Gasteiger partial charge in [0.05, 0.1) is 23.2 Å². The second-order valence-corrected chi connectivity index (χ2v) is 13.2. The van der Waals surface area contributed by atoms with Gasteiger partial charge in [-0.05, 0) is 94.1 Å². The SMILES string of the molecule is c1ccc(C(=C(c2cccc(N3CN(c4ccccc4)c4ccccc43)c2)c2ccc3c4ccoc4n(-c4ccccn4)c3c2)c2ccccc2)cc1. The van der Waals surface area contributed by atoms with Crippen molar-refractivity contribution in [3.8, 4) is 5.82 Å². The van der Waals surface area contributed by atoms with E-state index in [4.69, 9.17) is 9.40 Å². The topological polar surface area (TPSA) is 37.4 Å². The molecule has 0 spiro atoms. The number of pyridine rings is 1. The quantitative estimate of drug-likeness (QED) is 0.157. The summed E-state index contributed by atoms with van der Waals surface area (Å²) in [5.41, 5.74) is 13.3. The molecule has 0 amide bonds. The largest absolute Gasteiger partial charge is 0.447 e. The first-order chi connectivity index (χ1) is 26.3. The average molecular weight is 683 g/mol. The molecule has 0 radical (unpaired) electrons. The molecule has 53 heavy (non-hydrogen) atoms. The summed E-state index contributed by atoms with van der Waals surface area (Å²) in [5, 5.41) is 2.18. The summed E-state index contributed by atoms with van der Waals surface area (Å²) in [6.07, 6.45) is 3.58. The van der Waals surface area contributed by atoms with Gasteiger partial charge < -0.3 is 14.2 Å². The number of para-hydroxylation sites is 3. The Morgan fingerprint density at radius 3 is 1.75 bits per heavy atom. The van der Waals surface area contributed by atoms with E-state index in [0.717, 1.165) is 66.9 Å². The molecule has 0 aliphatic carbocycles. The van der Waals surface area contributed by atoms with Crippen molar-refractivity contribution in [2.75, 3.05) is 16.5 Å². The molecule has 0 fully saturated rings. The second-order valence-electron chi connectivity index (χ2n) is 13.2. The lowest BCUT2D eigenvalue weighted by Gasteiger charge is -2.24. The van der Waals surface area contributed by atoms with Crippen molar-refractivity contribution < 1.29 is 4.42 Å². The highest BCUT2D eigenvalue weighted by molar-refractivity contribution is 6.11. The van der Waals surface area contributed by atoms with Gasteiger partial charge in [0.15, 0.2) is 0 Å². The number of benzene rings is 6. The van der Waals surface area contributed by atoms with Gasteiger partial charge in [-0.15, -0.1) is 0 Å². The van der Waals surface area contributed by atoms with Crippen molar-refractivity contribution in [3.63, 3.8) is 0 Å². The zero-order chi connectivity index (χ0) is 35.1. The van der Waals surface area contributed by atoms with Gasteiger partial charge >= 0.3 is 0 Å². The Hall–Kier alpha value is -7.11. The van der Waals surface area contributed by atoms with E-state index in [-0.39, 0.29) is 0 Å². The fourth-order valence-electron chi connectivity index (χ4n) is 7.82. The van der Waals surface area contributed by atoms with Crippen molar-refractivity contribution in [2.45, 2.75) is 0 Å². The first kappa shape index (κ1) is 30.7. The summed E-state index contributed by atoms with van der Waals surface area (Å²) in [7, 11) is 0. The first-order valence-electron chi connectivity index (χ1n) is 17.9. The molecule has 0 saturated carbocycles. The molecule has 0 unspecified atom stereocenters. The maximum atomic E-state index is 6.10. The van der Waals surface area contributed by atoms with Crippen LogP contribution in [0.3, 0.4) is 0 Å². The number of anilines is 4. The molecule has 0 saturated heterocycles. The monoisotopic (exact) mass is 682 g/mol. The van der Waals surface area contributed by atoms with Crippen LogP contribution in [0.15, 0.2) is 199 Å². The molecule has 6 aromatic carbocycles. The standard InChI is InChI=1S/C48H34N4O/c1-4-15-34(16-5-1)46(35-17-6-2-7-18-35)47(37-26-27-40-41-28-30-53-48(41)52(44(40)32-37)45-25-12-13-29-49-45)36-19-14-22-39(31-36)51-33-50(38-20-8-3-9-21-38)42-23-10-11-24-43(42)51/h1-32H,33H2. The minimum atomic E-state index is 0.707. The molecular formula is C48H34N4O. The number of aromatic nitrogens is 2. The van der Waals surface area contributed by atoms with Crippen molar-refractivity contribution in [1.29, 1.82) is 0 Å². The van der Waals surface area contributed by atoms with Crippen LogP contribution in [0.5, 0.6) is 0 Å². The Morgan fingerprint density at radius 1 is 0.472 bits per heavy atom. The van der Waals surface area contributed by atoms with Gasteiger partial charge in [0.2, 0.25) is 5.71 Å². The molecule has 5 nitrogen and oxygen atoms in total.